The number of aromatic nitrogens is 2. The molecule has 1 N–H and O–H groups in total. The summed E-state index contributed by atoms with van der Waals surface area (Å²) in [6, 6.07) is 16.9. The van der Waals surface area contributed by atoms with Crippen molar-refractivity contribution in [3.8, 4) is 5.75 Å². The zero-order chi connectivity index (χ0) is 23.6. The Morgan fingerprint density at radius 1 is 1.00 bits per heavy atom. The van der Waals surface area contributed by atoms with E-state index in [2.05, 4.69) is 63.6 Å². The van der Waals surface area contributed by atoms with Gasteiger partial charge in [-0.2, -0.15) is 5.10 Å². The molecule has 0 radical (unpaired) electrons. The molecule has 182 valence electrons. The summed E-state index contributed by atoms with van der Waals surface area (Å²) in [4.78, 5) is 17.9. The molecule has 2 fully saturated rings. The number of hydrogen-bond acceptors (Lipinski definition) is 4. The Morgan fingerprint density at radius 2 is 1.80 bits per heavy atom. The highest BCUT2D eigenvalue weighted by molar-refractivity contribution is 5.95. The smallest absolute Gasteiger partial charge is 0.257 e. The van der Waals surface area contributed by atoms with E-state index in [-0.39, 0.29) is 11.8 Å². The predicted molar refractivity (Wildman–Crippen MR) is 135 cm³/mol. The monoisotopic (exact) mass is 470 g/mol. The zero-order valence-electron chi connectivity index (χ0n) is 20.3. The number of nitrogens with zero attached hydrogens (tertiary/aromatic N) is 3. The number of H-pyrrole nitrogens is 1. The van der Waals surface area contributed by atoms with E-state index in [1.807, 2.05) is 4.90 Å². The van der Waals surface area contributed by atoms with E-state index in [0.717, 1.165) is 56.0 Å². The van der Waals surface area contributed by atoms with E-state index in [9.17, 15) is 4.79 Å². The van der Waals surface area contributed by atoms with E-state index in [0.29, 0.717) is 12.6 Å². The second-order valence-electron chi connectivity index (χ2n) is 10.3. The molecule has 1 saturated heterocycles. The van der Waals surface area contributed by atoms with Gasteiger partial charge in [-0.3, -0.25) is 14.8 Å². The third-order valence-corrected chi connectivity index (χ3v) is 7.96. The molecule has 1 aliphatic carbocycles. The Bertz CT molecular complexity index is 1180. The van der Waals surface area contributed by atoms with Crippen LogP contribution in [0.3, 0.4) is 0 Å². The average Bonchev–Trinajstić information content (AvgIpc) is 3.67. The van der Waals surface area contributed by atoms with E-state index in [4.69, 9.17) is 4.74 Å². The van der Waals surface area contributed by atoms with Crippen LogP contribution >= 0.6 is 0 Å². The number of para-hydroxylation sites is 1. The summed E-state index contributed by atoms with van der Waals surface area (Å²) in [5, 5.41) is 7.48. The fourth-order valence-corrected chi connectivity index (χ4v) is 6.01. The lowest BCUT2D eigenvalue weighted by atomic mass is 9.97. The van der Waals surface area contributed by atoms with Crippen molar-refractivity contribution in [2.45, 2.75) is 63.6 Å². The van der Waals surface area contributed by atoms with Gasteiger partial charge in [0.2, 0.25) is 0 Å². The Kier molecular flexibility index (Phi) is 6.30. The maximum atomic E-state index is 13.5. The van der Waals surface area contributed by atoms with Gasteiger partial charge < -0.3 is 9.64 Å². The van der Waals surface area contributed by atoms with Crippen LogP contribution in [-0.4, -0.2) is 51.6 Å². The number of carbonyl (C=O) groups excluding carboxylic acids is 1. The van der Waals surface area contributed by atoms with Gasteiger partial charge in [-0.05, 0) is 62.3 Å². The molecule has 1 saturated carbocycles. The highest BCUT2D eigenvalue weighted by atomic mass is 16.5. The summed E-state index contributed by atoms with van der Waals surface area (Å²) in [6.07, 6.45) is 8.91. The minimum absolute atomic E-state index is 0.0945. The van der Waals surface area contributed by atoms with Gasteiger partial charge in [0.25, 0.3) is 5.91 Å². The zero-order valence-corrected chi connectivity index (χ0v) is 20.3. The lowest BCUT2D eigenvalue weighted by molar-refractivity contribution is 0.0733. The number of aromatic amines is 1. The van der Waals surface area contributed by atoms with E-state index < -0.39 is 0 Å². The van der Waals surface area contributed by atoms with Crippen molar-refractivity contribution in [3.05, 3.63) is 82.7 Å². The first-order valence-electron chi connectivity index (χ1n) is 13.1. The molecule has 3 heterocycles. The van der Waals surface area contributed by atoms with Crippen LogP contribution in [0.5, 0.6) is 5.75 Å². The second kappa shape index (κ2) is 9.86. The van der Waals surface area contributed by atoms with E-state index in [1.165, 1.54) is 42.4 Å². The van der Waals surface area contributed by atoms with Crippen molar-refractivity contribution >= 4 is 5.91 Å². The van der Waals surface area contributed by atoms with Gasteiger partial charge >= 0.3 is 0 Å². The summed E-state index contributed by atoms with van der Waals surface area (Å²) in [6.45, 7) is 4.23. The highest BCUT2D eigenvalue weighted by Gasteiger charge is 2.31. The number of likely N-dealkylation sites (tertiary alicyclic amines) is 1. The molecule has 6 heteroatoms. The number of amides is 1. The Labute approximate surface area is 207 Å². The minimum Gasteiger partial charge on any atom is -0.490 e. The lowest BCUT2D eigenvalue weighted by Crippen LogP contribution is -2.36. The third-order valence-electron chi connectivity index (χ3n) is 7.96. The summed E-state index contributed by atoms with van der Waals surface area (Å²) < 4.78 is 6.37. The molecule has 6 nitrogen and oxygen atoms in total. The fraction of sp³-hybridized carbons (Fsp3) is 0.448. The number of rotatable bonds is 6. The SMILES string of the molecule is O=C(c1cn[nH]c1C1CCN(Cc2ccccc2OC2CCCC2)C1)N1CCc2ccccc2C1. The quantitative estimate of drug-likeness (QED) is 0.556. The van der Waals surface area contributed by atoms with Crippen LogP contribution in [-0.2, 0) is 19.5 Å². The maximum Gasteiger partial charge on any atom is 0.257 e. The first-order chi connectivity index (χ1) is 17.2. The molecule has 3 aliphatic rings. The van der Waals surface area contributed by atoms with E-state index >= 15 is 0 Å². The lowest BCUT2D eigenvalue weighted by Gasteiger charge is -2.29. The van der Waals surface area contributed by atoms with Crippen molar-refractivity contribution < 1.29 is 9.53 Å². The Morgan fingerprint density at radius 3 is 2.69 bits per heavy atom. The molecule has 1 amide bonds. The standard InChI is InChI=1S/C29H34N4O2/c34-29(33-16-14-21-7-1-2-8-22(21)20-33)26-17-30-31-28(26)24-13-15-32(19-24)18-23-9-3-6-12-27(23)35-25-10-4-5-11-25/h1-3,6-9,12,17,24-25H,4-5,10-11,13-16,18-20H2,(H,30,31). The fourth-order valence-electron chi connectivity index (χ4n) is 6.01. The molecule has 2 aromatic carbocycles. The van der Waals surface area contributed by atoms with Crippen LogP contribution in [0.1, 0.15) is 70.8 Å². The molecule has 6 rings (SSSR count). The van der Waals surface area contributed by atoms with Crippen molar-refractivity contribution in [2.75, 3.05) is 19.6 Å². The van der Waals surface area contributed by atoms with Gasteiger partial charge in [-0.25, -0.2) is 0 Å². The molecule has 1 aromatic heterocycles. The molecule has 3 aromatic rings. The van der Waals surface area contributed by atoms with Gasteiger partial charge in [0.1, 0.15) is 5.75 Å². The van der Waals surface area contributed by atoms with Crippen LogP contribution in [0.2, 0.25) is 0 Å². The molecule has 1 unspecified atom stereocenters. The van der Waals surface area contributed by atoms with Crippen LogP contribution in [0, 0.1) is 0 Å². The van der Waals surface area contributed by atoms with Gasteiger partial charge in [0.15, 0.2) is 0 Å². The number of benzene rings is 2. The number of carbonyl (C=O) groups is 1. The minimum atomic E-state index is 0.0945. The number of ether oxygens (including phenoxy) is 1. The molecule has 35 heavy (non-hydrogen) atoms. The average molecular weight is 471 g/mol. The van der Waals surface area contributed by atoms with Crippen molar-refractivity contribution in [2.24, 2.45) is 0 Å². The van der Waals surface area contributed by atoms with E-state index in [1.54, 1.807) is 6.20 Å². The van der Waals surface area contributed by atoms with Crippen molar-refractivity contribution in [3.63, 3.8) is 0 Å². The second-order valence-corrected chi connectivity index (χ2v) is 10.3. The van der Waals surface area contributed by atoms with Crippen molar-refractivity contribution in [1.82, 2.24) is 20.0 Å². The van der Waals surface area contributed by atoms with Gasteiger partial charge in [0, 0.05) is 37.7 Å². The number of fused-ring (bicyclic) bond motifs is 1. The third kappa shape index (κ3) is 4.72. The predicted octanol–water partition coefficient (Wildman–Crippen LogP) is 4.92. The topological polar surface area (TPSA) is 61.5 Å². The van der Waals surface area contributed by atoms with Crippen LogP contribution in [0.4, 0.5) is 0 Å². The highest BCUT2D eigenvalue weighted by Crippen LogP contribution is 2.33. The molecule has 0 spiro atoms. The Hall–Kier alpha value is -3.12. The molecule has 2 aliphatic heterocycles. The van der Waals surface area contributed by atoms with Crippen LogP contribution < -0.4 is 4.74 Å². The summed E-state index contributed by atoms with van der Waals surface area (Å²) in [7, 11) is 0. The normalized spacial score (nSPS) is 20.8. The Balaban J connectivity index is 1.12. The summed E-state index contributed by atoms with van der Waals surface area (Å²) >= 11 is 0. The van der Waals surface area contributed by atoms with Crippen LogP contribution in [0.25, 0.3) is 0 Å². The first-order valence-corrected chi connectivity index (χ1v) is 13.1. The first kappa shape index (κ1) is 22.4. The summed E-state index contributed by atoms with van der Waals surface area (Å²) in [5.74, 6) is 1.42. The molecule has 0 bridgehead atoms. The number of hydrogen-bond donors (Lipinski definition) is 1. The van der Waals surface area contributed by atoms with Crippen LogP contribution in [0.15, 0.2) is 54.7 Å². The van der Waals surface area contributed by atoms with Gasteiger partial charge in [-0.1, -0.05) is 42.5 Å². The summed E-state index contributed by atoms with van der Waals surface area (Å²) in [5.41, 5.74) is 5.59. The molecule has 1 atom stereocenters. The van der Waals surface area contributed by atoms with Gasteiger partial charge in [-0.15, -0.1) is 0 Å². The number of nitrogens with one attached hydrogen (secondary N) is 1. The van der Waals surface area contributed by atoms with Gasteiger partial charge in [0.05, 0.1) is 23.6 Å². The maximum absolute atomic E-state index is 13.5. The molecular formula is C29H34N4O2. The molecular weight excluding hydrogens is 436 g/mol. The largest absolute Gasteiger partial charge is 0.490 e. The van der Waals surface area contributed by atoms with Crippen molar-refractivity contribution in [1.29, 1.82) is 0 Å².